The number of nitrogens with two attached hydrogens (primary N) is 1. The van der Waals surface area contributed by atoms with Gasteiger partial charge in [0.05, 0.1) is 14.2 Å². The van der Waals surface area contributed by atoms with Gasteiger partial charge in [0.1, 0.15) is 11.5 Å². The summed E-state index contributed by atoms with van der Waals surface area (Å²) in [4.78, 5) is 0. The lowest BCUT2D eigenvalue weighted by Gasteiger charge is -2.24. The second-order valence-corrected chi connectivity index (χ2v) is 4.64. The lowest BCUT2D eigenvalue weighted by atomic mass is 10.0. The Morgan fingerprint density at radius 1 is 1.11 bits per heavy atom. The third-order valence-electron chi connectivity index (χ3n) is 3.21. The van der Waals surface area contributed by atoms with E-state index in [-0.39, 0.29) is 18.1 Å². The number of hydrogen-bond donors (Lipinski definition) is 2. The molecule has 1 rings (SSSR count). The Labute approximate surface area is 109 Å². The van der Waals surface area contributed by atoms with Gasteiger partial charge < -0.3 is 20.5 Å². The van der Waals surface area contributed by atoms with Crippen LogP contribution in [0.15, 0.2) is 18.2 Å². The summed E-state index contributed by atoms with van der Waals surface area (Å²) < 4.78 is 10.6. The summed E-state index contributed by atoms with van der Waals surface area (Å²) in [6, 6.07) is 6.37. The van der Waals surface area contributed by atoms with Gasteiger partial charge in [-0.05, 0) is 26.8 Å². The summed E-state index contributed by atoms with van der Waals surface area (Å²) in [5.74, 6) is 1.62. The maximum atomic E-state index is 5.86. The minimum atomic E-state index is 0.108. The van der Waals surface area contributed by atoms with Crippen LogP contribution in [0.25, 0.3) is 0 Å². The maximum Gasteiger partial charge on any atom is 0.127 e. The van der Waals surface area contributed by atoms with Gasteiger partial charge >= 0.3 is 0 Å². The van der Waals surface area contributed by atoms with Gasteiger partial charge in [0, 0.05) is 29.8 Å². The van der Waals surface area contributed by atoms with Crippen LogP contribution in [0.2, 0.25) is 0 Å². The van der Waals surface area contributed by atoms with E-state index in [4.69, 9.17) is 15.2 Å². The zero-order valence-corrected chi connectivity index (χ0v) is 11.9. The highest BCUT2D eigenvalue weighted by Crippen LogP contribution is 2.29. The van der Waals surface area contributed by atoms with Crippen molar-refractivity contribution in [2.75, 3.05) is 14.2 Å². The molecule has 0 aliphatic carbocycles. The van der Waals surface area contributed by atoms with E-state index >= 15 is 0 Å². The quantitative estimate of drug-likeness (QED) is 0.814. The van der Waals surface area contributed by atoms with Crippen molar-refractivity contribution in [1.82, 2.24) is 5.32 Å². The first-order valence-electron chi connectivity index (χ1n) is 6.23. The lowest BCUT2D eigenvalue weighted by molar-refractivity contribution is 0.377. The molecule has 3 atom stereocenters. The molecule has 0 bridgehead atoms. The van der Waals surface area contributed by atoms with Gasteiger partial charge in [0.15, 0.2) is 0 Å². The standard InChI is InChI=1S/C14H24N2O2/c1-9(15)10(2)16-11(3)13-7-6-12(17-4)8-14(13)18-5/h6-11,16H,15H2,1-5H3. The average Bonchev–Trinajstić information content (AvgIpc) is 2.37. The van der Waals surface area contributed by atoms with Crippen molar-refractivity contribution in [3.8, 4) is 11.5 Å². The fraction of sp³-hybridized carbons (Fsp3) is 0.571. The van der Waals surface area contributed by atoms with Gasteiger partial charge in [-0.25, -0.2) is 0 Å². The molecule has 0 aliphatic heterocycles. The highest BCUT2D eigenvalue weighted by atomic mass is 16.5. The van der Waals surface area contributed by atoms with Gasteiger partial charge in [-0.2, -0.15) is 0 Å². The molecule has 0 saturated carbocycles. The molecule has 18 heavy (non-hydrogen) atoms. The Kier molecular flexibility index (Phi) is 5.44. The van der Waals surface area contributed by atoms with Crippen molar-refractivity contribution in [1.29, 1.82) is 0 Å². The summed E-state index contributed by atoms with van der Waals surface area (Å²) in [5.41, 5.74) is 6.97. The van der Waals surface area contributed by atoms with Crippen LogP contribution in [0.5, 0.6) is 11.5 Å². The largest absolute Gasteiger partial charge is 0.497 e. The SMILES string of the molecule is COc1ccc(C(C)NC(C)C(C)N)c(OC)c1. The molecule has 3 N–H and O–H groups in total. The van der Waals surface area contributed by atoms with Crippen LogP contribution in [0.1, 0.15) is 32.4 Å². The first-order valence-corrected chi connectivity index (χ1v) is 6.23. The van der Waals surface area contributed by atoms with E-state index in [0.717, 1.165) is 17.1 Å². The number of methoxy groups -OCH3 is 2. The van der Waals surface area contributed by atoms with Crippen LogP contribution >= 0.6 is 0 Å². The molecule has 0 saturated heterocycles. The maximum absolute atomic E-state index is 5.86. The van der Waals surface area contributed by atoms with E-state index in [1.807, 2.05) is 25.1 Å². The molecule has 0 heterocycles. The number of nitrogens with one attached hydrogen (secondary N) is 1. The fourth-order valence-electron chi connectivity index (χ4n) is 1.81. The van der Waals surface area contributed by atoms with Crippen molar-refractivity contribution in [2.45, 2.75) is 38.9 Å². The average molecular weight is 252 g/mol. The Morgan fingerprint density at radius 3 is 2.28 bits per heavy atom. The van der Waals surface area contributed by atoms with E-state index in [9.17, 15) is 0 Å². The van der Waals surface area contributed by atoms with Gasteiger partial charge in [-0.15, -0.1) is 0 Å². The number of rotatable bonds is 6. The van der Waals surface area contributed by atoms with Gasteiger partial charge in [-0.3, -0.25) is 0 Å². The van der Waals surface area contributed by atoms with Gasteiger partial charge in [-0.1, -0.05) is 6.07 Å². The van der Waals surface area contributed by atoms with Crippen molar-refractivity contribution >= 4 is 0 Å². The summed E-state index contributed by atoms with van der Waals surface area (Å²) in [6.07, 6.45) is 0. The molecule has 0 aromatic heterocycles. The van der Waals surface area contributed by atoms with Crippen LogP contribution in [0.3, 0.4) is 0 Å². The minimum absolute atomic E-state index is 0.108. The second kappa shape index (κ2) is 6.61. The molecular formula is C14H24N2O2. The monoisotopic (exact) mass is 252 g/mol. The zero-order valence-electron chi connectivity index (χ0n) is 11.9. The minimum Gasteiger partial charge on any atom is -0.497 e. The highest BCUT2D eigenvalue weighted by Gasteiger charge is 2.16. The molecule has 0 fully saturated rings. The first-order chi connectivity index (χ1) is 8.49. The number of hydrogen-bond acceptors (Lipinski definition) is 4. The van der Waals surface area contributed by atoms with Crippen LogP contribution in [-0.4, -0.2) is 26.3 Å². The molecule has 4 heteroatoms. The van der Waals surface area contributed by atoms with Gasteiger partial charge in [0.25, 0.3) is 0 Å². The summed E-state index contributed by atoms with van der Waals surface area (Å²) in [5, 5.41) is 3.46. The third kappa shape index (κ3) is 3.62. The summed E-state index contributed by atoms with van der Waals surface area (Å²) >= 11 is 0. The lowest BCUT2D eigenvalue weighted by Crippen LogP contribution is -2.42. The smallest absolute Gasteiger partial charge is 0.127 e. The Hall–Kier alpha value is -1.26. The van der Waals surface area contributed by atoms with Crippen molar-refractivity contribution in [2.24, 2.45) is 5.73 Å². The van der Waals surface area contributed by atoms with E-state index in [0.29, 0.717) is 0 Å². The van der Waals surface area contributed by atoms with Crippen LogP contribution in [-0.2, 0) is 0 Å². The second-order valence-electron chi connectivity index (χ2n) is 4.64. The highest BCUT2D eigenvalue weighted by molar-refractivity contribution is 5.42. The molecule has 1 aromatic carbocycles. The van der Waals surface area contributed by atoms with E-state index in [1.165, 1.54) is 0 Å². The summed E-state index contributed by atoms with van der Waals surface area (Å²) in [7, 11) is 3.31. The number of ether oxygens (including phenoxy) is 2. The van der Waals surface area contributed by atoms with E-state index < -0.39 is 0 Å². The predicted molar refractivity (Wildman–Crippen MR) is 74.2 cm³/mol. The molecule has 0 amide bonds. The van der Waals surface area contributed by atoms with E-state index in [2.05, 4.69) is 19.2 Å². The fourth-order valence-corrected chi connectivity index (χ4v) is 1.81. The predicted octanol–water partition coefficient (Wildman–Crippen LogP) is 2.09. The molecule has 3 unspecified atom stereocenters. The van der Waals surface area contributed by atoms with Gasteiger partial charge in [0.2, 0.25) is 0 Å². The molecule has 1 aromatic rings. The topological polar surface area (TPSA) is 56.5 Å². The molecule has 102 valence electrons. The zero-order chi connectivity index (χ0) is 13.7. The molecule has 0 spiro atoms. The Bertz CT molecular complexity index is 380. The number of benzene rings is 1. The molecular weight excluding hydrogens is 228 g/mol. The third-order valence-corrected chi connectivity index (χ3v) is 3.21. The van der Waals surface area contributed by atoms with Crippen molar-refractivity contribution in [3.05, 3.63) is 23.8 Å². The van der Waals surface area contributed by atoms with Crippen molar-refractivity contribution in [3.63, 3.8) is 0 Å². The van der Waals surface area contributed by atoms with Crippen molar-refractivity contribution < 1.29 is 9.47 Å². The molecule has 4 nitrogen and oxygen atoms in total. The van der Waals surface area contributed by atoms with E-state index in [1.54, 1.807) is 14.2 Å². The normalized spacial score (nSPS) is 15.9. The summed E-state index contributed by atoms with van der Waals surface area (Å²) in [6.45, 7) is 6.18. The molecule has 0 radical (unpaired) electrons. The van der Waals surface area contributed by atoms with Crippen LogP contribution in [0, 0.1) is 0 Å². The van der Waals surface area contributed by atoms with Crippen LogP contribution < -0.4 is 20.5 Å². The Morgan fingerprint density at radius 2 is 1.78 bits per heavy atom. The van der Waals surface area contributed by atoms with Crippen LogP contribution in [0.4, 0.5) is 0 Å². The molecule has 0 aliphatic rings. The Balaban J connectivity index is 2.87. The first kappa shape index (κ1) is 14.8.